The molecular weight excluding hydrogens is 295 g/mol. The van der Waals surface area contributed by atoms with Gasteiger partial charge in [0, 0.05) is 5.56 Å². The van der Waals surface area contributed by atoms with Gasteiger partial charge >= 0.3 is 0 Å². The van der Waals surface area contributed by atoms with Crippen molar-refractivity contribution in [3.8, 4) is 0 Å². The standard InChI is InChI=1S/C15H20BrFO/c1-10(2)11-6-8-15(18,9-7-11)12-4-3-5-13(16)14(12)17/h3-5,10-11,18H,6-9H2,1-2H3. The van der Waals surface area contributed by atoms with Gasteiger partial charge in [-0.15, -0.1) is 0 Å². The minimum absolute atomic E-state index is 0.317. The Bertz CT molecular complexity index is 423. The first-order valence-electron chi connectivity index (χ1n) is 6.61. The third kappa shape index (κ3) is 2.62. The van der Waals surface area contributed by atoms with Crippen LogP contribution in [0, 0.1) is 17.7 Å². The fourth-order valence-corrected chi connectivity index (χ4v) is 3.28. The van der Waals surface area contributed by atoms with E-state index in [4.69, 9.17) is 0 Å². The van der Waals surface area contributed by atoms with Crippen molar-refractivity contribution in [1.82, 2.24) is 0 Å². The largest absolute Gasteiger partial charge is 0.385 e. The molecule has 1 aliphatic carbocycles. The number of aliphatic hydroxyl groups is 1. The minimum atomic E-state index is -0.987. The van der Waals surface area contributed by atoms with Gasteiger partial charge in [-0.3, -0.25) is 0 Å². The second-order valence-electron chi connectivity index (χ2n) is 5.71. The summed E-state index contributed by atoms with van der Waals surface area (Å²) < 4.78 is 14.5. The molecule has 100 valence electrons. The molecule has 1 N–H and O–H groups in total. The lowest BCUT2D eigenvalue weighted by molar-refractivity contribution is -0.0227. The zero-order valence-electron chi connectivity index (χ0n) is 10.9. The van der Waals surface area contributed by atoms with Crippen LogP contribution in [0.4, 0.5) is 4.39 Å². The summed E-state index contributed by atoms with van der Waals surface area (Å²) in [6, 6.07) is 5.16. The smallest absolute Gasteiger partial charge is 0.143 e. The number of benzene rings is 1. The van der Waals surface area contributed by atoms with E-state index < -0.39 is 5.60 Å². The molecule has 2 rings (SSSR count). The number of hydrogen-bond donors (Lipinski definition) is 1. The number of hydrogen-bond acceptors (Lipinski definition) is 1. The summed E-state index contributed by atoms with van der Waals surface area (Å²) in [6.45, 7) is 4.43. The molecule has 3 heteroatoms. The first-order chi connectivity index (χ1) is 8.44. The Balaban J connectivity index is 2.21. The van der Waals surface area contributed by atoms with Gasteiger partial charge in [-0.05, 0) is 59.5 Å². The van der Waals surface area contributed by atoms with Gasteiger partial charge in [0.2, 0.25) is 0 Å². The van der Waals surface area contributed by atoms with E-state index in [2.05, 4.69) is 29.8 Å². The molecule has 0 amide bonds. The van der Waals surface area contributed by atoms with Crippen molar-refractivity contribution in [3.63, 3.8) is 0 Å². The van der Waals surface area contributed by atoms with E-state index in [1.54, 1.807) is 18.2 Å². The molecule has 0 atom stereocenters. The third-order valence-electron chi connectivity index (χ3n) is 4.25. The maximum atomic E-state index is 14.1. The van der Waals surface area contributed by atoms with E-state index in [1.165, 1.54) is 0 Å². The van der Waals surface area contributed by atoms with Crippen LogP contribution >= 0.6 is 15.9 Å². The Hall–Kier alpha value is -0.410. The molecule has 0 heterocycles. The molecule has 0 aliphatic heterocycles. The first kappa shape index (κ1) is 14.0. The van der Waals surface area contributed by atoms with Gasteiger partial charge in [0.1, 0.15) is 5.82 Å². The Kier molecular flexibility index (Phi) is 4.12. The summed E-state index contributed by atoms with van der Waals surface area (Å²) in [5, 5.41) is 10.7. The van der Waals surface area contributed by atoms with Crippen LogP contribution in [0.5, 0.6) is 0 Å². The highest BCUT2D eigenvalue weighted by Gasteiger charge is 2.37. The van der Waals surface area contributed by atoms with Crippen LogP contribution in [-0.4, -0.2) is 5.11 Å². The Morgan fingerprint density at radius 2 is 1.94 bits per heavy atom. The van der Waals surface area contributed by atoms with E-state index in [1.807, 2.05) is 0 Å². The molecule has 1 nitrogen and oxygen atoms in total. The molecule has 1 fully saturated rings. The highest BCUT2D eigenvalue weighted by atomic mass is 79.9. The highest BCUT2D eigenvalue weighted by Crippen LogP contribution is 2.43. The molecule has 0 bridgehead atoms. The number of rotatable bonds is 2. The average molecular weight is 315 g/mol. The molecule has 1 aromatic rings. The normalized spacial score (nSPS) is 28.7. The summed E-state index contributed by atoms with van der Waals surface area (Å²) >= 11 is 3.19. The summed E-state index contributed by atoms with van der Waals surface area (Å²) in [5.74, 6) is 0.977. The molecule has 18 heavy (non-hydrogen) atoms. The predicted octanol–water partition coefficient (Wildman–Crippen LogP) is 4.62. The van der Waals surface area contributed by atoms with Crippen molar-refractivity contribution >= 4 is 15.9 Å². The van der Waals surface area contributed by atoms with Crippen LogP contribution in [0.3, 0.4) is 0 Å². The van der Waals surface area contributed by atoms with Crippen molar-refractivity contribution in [2.75, 3.05) is 0 Å². The van der Waals surface area contributed by atoms with Gasteiger partial charge in [0.25, 0.3) is 0 Å². The molecule has 1 aliphatic rings. The minimum Gasteiger partial charge on any atom is -0.385 e. The van der Waals surface area contributed by atoms with Crippen LogP contribution in [-0.2, 0) is 5.60 Å². The summed E-state index contributed by atoms with van der Waals surface area (Å²) in [5.41, 5.74) is -0.543. The first-order valence-corrected chi connectivity index (χ1v) is 7.40. The fraction of sp³-hybridized carbons (Fsp3) is 0.600. The lowest BCUT2D eigenvalue weighted by Crippen LogP contribution is -2.33. The third-order valence-corrected chi connectivity index (χ3v) is 4.87. The molecule has 0 aromatic heterocycles. The Labute approximate surface area is 117 Å². The van der Waals surface area contributed by atoms with Crippen molar-refractivity contribution in [2.24, 2.45) is 11.8 Å². The predicted molar refractivity (Wildman–Crippen MR) is 74.8 cm³/mol. The van der Waals surface area contributed by atoms with Gasteiger partial charge < -0.3 is 5.11 Å². The zero-order valence-corrected chi connectivity index (χ0v) is 12.5. The maximum Gasteiger partial charge on any atom is 0.143 e. The quantitative estimate of drug-likeness (QED) is 0.844. The Morgan fingerprint density at radius 3 is 2.50 bits per heavy atom. The van der Waals surface area contributed by atoms with Gasteiger partial charge in [0.15, 0.2) is 0 Å². The van der Waals surface area contributed by atoms with Gasteiger partial charge in [-0.1, -0.05) is 26.0 Å². The zero-order chi connectivity index (χ0) is 13.3. The summed E-state index contributed by atoms with van der Waals surface area (Å²) in [4.78, 5) is 0. The molecule has 0 radical (unpaired) electrons. The van der Waals surface area contributed by atoms with Gasteiger partial charge in [-0.2, -0.15) is 0 Å². The second kappa shape index (κ2) is 5.30. The average Bonchev–Trinajstić information content (AvgIpc) is 2.33. The highest BCUT2D eigenvalue weighted by molar-refractivity contribution is 9.10. The van der Waals surface area contributed by atoms with E-state index in [0.29, 0.717) is 34.7 Å². The van der Waals surface area contributed by atoms with Gasteiger partial charge in [0.05, 0.1) is 10.1 Å². The van der Waals surface area contributed by atoms with Crippen LogP contribution < -0.4 is 0 Å². The van der Waals surface area contributed by atoms with E-state index in [9.17, 15) is 9.50 Å². The fourth-order valence-electron chi connectivity index (χ4n) is 2.92. The molecule has 0 unspecified atom stereocenters. The van der Waals surface area contributed by atoms with Crippen molar-refractivity contribution < 1.29 is 9.50 Å². The molecular formula is C15H20BrFO. The summed E-state index contributed by atoms with van der Waals surface area (Å²) in [7, 11) is 0. The van der Waals surface area contributed by atoms with Crippen LogP contribution in [0.15, 0.2) is 22.7 Å². The lowest BCUT2D eigenvalue weighted by Gasteiger charge is -2.38. The summed E-state index contributed by atoms with van der Waals surface area (Å²) in [6.07, 6.45) is 3.26. The topological polar surface area (TPSA) is 20.2 Å². The molecule has 1 aromatic carbocycles. The van der Waals surface area contributed by atoms with Crippen LogP contribution in [0.1, 0.15) is 45.1 Å². The molecule has 1 saturated carbocycles. The lowest BCUT2D eigenvalue weighted by atomic mass is 9.72. The Morgan fingerprint density at radius 1 is 1.33 bits per heavy atom. The number of halogens is 2. The van der Waals surface area contributed by atoms with Crippen molar-refractivity contribution in [3.05, 3.63) is 34.1 Å². The van der Waals surface area contributed by atoms with E-state index in [0.717, 1.165) is 12.8 Å². The van der Waals surface area contributed by atoms with Crippen LogP contribution in [0.2, 0.25) is 0 Å². The maximum absolute atomic E-state index is 14.1. The molecule has 0 spiro atoms. The second-order valence-corrected chi connectivity index (χ2v) is 6.57. The van der Waals surface area contributed by atoms with E-state index in [-0.39, 0.29) is 5.82 Å². The van der Waals surface area contributed by atoms with E-state index >= 15 is 0 Å². The van der Waals surface area contributed by atoms with Crippen molar-refractivity contribution in [2.45, 2.75) is 45.1 Å². The van der Waals surface area contributed by atoms with Gasteiger partial charge in [-0.25, -0.2) is 4.39 Å². The van der Waals surface area contributed by atoms with Crippen molar-refractivity contribution in [1.29, 1.82) is 0 Å². The van der Waals surface area contributed by atoms with Crippen LogP contribution in [0.25, 0.3) is 0 Å². The monoisotopic (exact) mass is 314 g/mol. The molecule has 0 saturated heterocycles. The SMILES string of the molecule is CC(C)C1CCC(O)(c2cccc(Br)c2F)CC1.